The molecular weight excluding hydrogens is 376 g/mol. The van der Waals surface area contributed by atoms with Gasteiger partial charge in [0.1, 0.15) is 17.4 Å². The number of nitrogens with zero attached hydrogens (tertiary/aromatic N) is 3. The normalized spacial score (nSPS) is 15.2. The highest BCUT2D eigenvalue weighted by atomic mass is 35.5. The number of para-hydroxylation sites is 1. The highest BCUT2D eigenvalue weighted by molar-refractivity contribution is 6.33. The minimum Gasteiger partial charge on any atom is -0.443 e. The molecule has 3 heterocycles. The van der Waals surface area contributed by atoms with Crippen LogP contribution in [0, 0.1) is 26.7 Å². The van der Waals surface area contributed by atoms with E-state index in [9.17, 15) is 4.79 Å². The van der Waals surface area contributed by atoms with Gasteiger partial charge in [-0.3, -0.25) is 4.79 Å². The summed E-state index contributed by atoms with van der Waals surface area (Å²) < 4.78 is 5.79. The predicted octanol–water partition coefficient (Wildman–Crippen LogP) is 4.66. The van der Waals surface area contributed by atoms with Gasteiger partial charge in [0.25, 0.3) is 0 Å². The summed E-state index contributed by atoms with van der Waals surface area (Å²) in [5.74, 6) is 2.44. The summed E-state index contributed by atoms with van der Waals surface area (Å²) in [5, 5.41) is 4.48. The molecule has 1 aliphatic heterocycles. The quantitative estimate of drug-likeness (QED) is 0.694. The predicted molar refractivity (Wildman–Crippen MR) is 111 cm³/mol. The average Bonchev–Trinajstić information content (AvgIpc) is 2.96. The third-order valence-electron chi connectivity index (χ3n) is 5.42. The molecule has 0 saturated carbocycles. The van der Waals surface area contributed by atoms with Gasteiger partial charge in [0.05, 0.1) is 16.1 Å². The number of carbonyl (C=O) groups is 1. The van der Waals surface area contributed by atoms with Crippen LogP contribution < -0.4 is 10.2 Å². The molecule has 1 saturated heterocycles. The summed E-state index contributed by atoms with van der Waals surface area (Å²) in [6.07, 6.45) is 1.52. The minimum atomic E-state index is -0.0434. The molecule has 4 rings (SSSR count). The molecule has 0 spiro atoms. The number of carbonyl (C=O) groups excluding carboxylic acids is 1. The number of furan rings is 1. The Morgan fingerprint density at radius 1 is 1.18 bits per heavy atom. The van der Waals surface area contributed by atoms with Gasteiger partial charge < -0.3 is 14.6 Å². The van der Waals surface area contributed by atoms with E-state index >= 15 is 0 Å². The molecule has 0 unspecified atom stereocenters. The minimum absolute atomic E-state index is 0.0205. The topological polar surface area (TPSA) is 71.3 Å². The van der Waals surface area contributed by atoms with E-state index in [4.69, 9.17) is 16.0 Å². The average molecular weight is 399 g/mol. The third kappa shape index (κ3) is 3.44. The first-order valence-electron chi connectivity index (χ1n) is 9.48. The fourth-order valence-electron chi connectivity index (χ4n) is 3.71. The number of benzene rings is 1. The molecular formula is C21H23ClN4O2. The van der Waals surface area contributed by atoms with Crippen molar-refractivity contribution in [2.24, 2.45) is 5.92 Å². The summed E-state index contributed by atoms with van der Waals surface area (Å²) in [6.45, 7) is 7.38. The number of rotatable bonds is 3. The Labute approximate surface area is 168 Å². The van der Waals surface area contributed by atoms with Crippen molar-refractivity contribution in [3.8, 4) is 0 Å². The number of fused-ring (bicyclic) bond motifs is 1. The monoisotopic (exact) mass is 398 g/mol. The van der Waals surface area contributed by atoms with Crippen LogP contribution >= 0.6 is 11.6 Å². The molecule has 1 amide bonds. The third-order valence-corrected chi connectivity index (χ3v) is 5.75. The van der Waals surface area contributed by atoms with Crippen LogP contribution in [0.25, 0.3) is 11.1 Å². The van der Waals surface area contributed by atoms with E-state index in [0.29, 0.717) is 22.2 Å². The number of nitrogens with one attached hydrogen (secondary N) is 1. The van der Waals surface area contributed by atoms with E-state index in [2.05, 4.69) is 20.2 Å². The van der Waals surface area contributed by atoms with E-state index in [0.717, 1.165) is 48.5 Å². The molecule has 0 atom stereocenters. The van der Waals surface area contributed by atoms with Crippen molar-refractivity contribution in [2.45, 2.75) is 33.6 Å². The lowest BCUT2D eigenvalue weighted by Crippen LogP contribution is -2.38. The van der Waals surface area contributed by atoms with Crippen LogP contribution in [0.3, 0.4) is 0 Å². The van der Waals surface area contributed by atoms with E-state index < -0.39 is 0 Å². The van der Waals surface area contributed by atoms with Gasteiger partial charge in [-0.1, -0.05) is 23.7 Å². The van der Waals surface area contributed by atoms with Gasteiger partial charge >= 0.3 is 0 Å². The molecule has 1 N–H and O–H groups in total. The fourth-order valence-corrected chi connectivity index (χ4v) is 3.89. The number of piperidine rings is 1. The lowest BCUT2D eigenvalue weighted by atomic mass is 9.95. The molecule has 7 heteroatoms. The highest BCUT2D eigenvalue weighted by Crippen LogP contribution is 2.33. The zero-order chi connectivity index (χ0) is 19.8. The van der Waals surface area contributed by atoms with Gasteiger partial charge in [0, 0.05) is 24.6 Å². The Balaban J connectivity index is 1.50. The van der Waals surface area contributed by atoms with Crippen LogP contribution in [0.15, 0.2) is 28.7 Å². The van der Waals surface area contributed by atoms with Crippen molar-refractivity contribution in [1.29, 1.82) is 0 Å². The van der Waals surface area contributed by atoms with Gasteiger partial charge in [-0.2, -0.15) is 4.98 Å². The molecule has 6 nitrogen and oxygen atoms in total. The van der Waals surface area contributed by atoms with Gasteiger partial charge in [-0.05, 0) is 45.7 Å². The van der Waals surface area contributed by atoms with Gasteiger partial charge in [-0.15, -0.1) is 0 Å². The number of halogens is 1. The van der Waals surface area contributed by atoms with Gasteiger partial charge in [-0.25, -0.2) is 4.98 Å². The van der Waals surface area contributed by atoms with Crippen molar-refractivity contribution >= 4 is 40.1 Å². The Morgan fingerprint density at radius 3 is 2.61 bits per heavy atom. The van der Waals surface area contributed by atoms with Crippen molar-refractivity contribution in [2.75, 3.05) is 23.3 Å². The zero-order valence-corrected chi connectivity index (χ0v) is 17.0. The van der Waals surface area contributed by atoms with Crippen LogP contribution in [0.4, 0.5) is 11.5 Å². The summed E-state index contributed by atoms with van der Waals surface area (Å²) in [6, 6.07) is 7.31. The second kappa shape index (κ2) is 7.43. The van der Waals surface area contributed by atoms with Gasteiger partial charge in [0.2, 0.25) is 11.6 Å². The Morgan fingerprint density at radius 2 is 1.89 bits per heavy atom. The maximum atomic E-state index is 12.7. The molecule has 2 aromatic heterocycles. The molecule has 1 fully saturated rings. The lowest BCUT2D eigenvalue weighted by molar-refractivity contribution is -0.120. The van der Waals surface area contributed by atoms with Crippen molar-refractivity contribution in [3.05, 3.63) is 46.4 Å². The molecule has 28 heavy (non-hydrogen) atoms. The smallest absolute Gasteiger partial charge is 0.231 e. The molecule has 0 bridgehead atoms. The van der Waals surface area contributed by atoms with E-state index in [1.54, 1.807) is 6.07 Å². The van der Waals surface area contributed by atoms with E-state index in [1.165, 1.54) is 0 Å². The number of hydrogen-bond donors (Lipinski definition) is 1. The van der Waals surface area contributed by atoms with Crippen molar-refractivity contribution in [1.82, 2.24) is 9.97 Å². The second-order valence-electron chi connectivity index (χ2n) is 7.29. The number of aromatic nitrogens is 2. The van der Waals surface area contributed by atoms with Crippen LogP contribution in [0.5, 0.6) is 0 Å². The number of amides is 1. The van der Waals surface area contributed by atoms with Gasteiger partial charge in [0.15, 0.2) is 0 Å². The highest BCUT2D eigenvalue weighted by Gasteiger charge is 2.28. The number of anilines is 2. The molecule has 1 aliphatic rings. The fraction of sp³-hybridized carbons (Fsp3) is 0.381. The van der Waals surface area contributed by atoms with E-state index in [1.807, 2.05) is 39.0 Å². The van der Waals surface area contributed by atoms with Crippen molar-refractivity contribution < 1.29 is 9.21 Å². The maximum Gasteiger partial charge on any atom is 0.231 e. The number of hydrogen-bond acceptors (Lipinski definition) is 5. The first-order chi connectivity index (χ1) is 13.4. The first kappa shape index (κ1) is 18.7. The number of aryl methyl sites for hydroxylation is 3. The maximum absolute atomic E-state index is 12.7. The van der Waals surface area contributed by atoms with Crippen LogP contribution in [0.1, 0.15) is 30.0 Å². The standard InChI is InChI=1S/C21H23ClN4O2/c1-12-13(2)28-21-18(12)19(23-14(3)24-21)26-10-8-15(9-11-26)20(27)25-17-7-5-4-6-16(17)22/h4-7,15H,8-11H2,1-3H3,(H,25,27). The van der Waals surface area contributed by atoms with Crippen LogP contribution in [0.2, 0.25) is 5.02 Å². The molecule has 3 aromatic rings. The summed E-state index contributed by atoms with van der Waals surface area (Å²) in [5.41, 5.74) is 2.37. The second-order valence-corrected chi connectivity index (χ2v) is 7.70. The first-order valence-corrected chi connectivity index (χ1v) is 9.86. The van der Waals surface area contributed by atoms with Crippen LogP contribution in [-0.2, 0) is 4.79 Å². The Bertz CT molecular complexity index is 1040. The largest absolute Gasteiger partial charge is 0.443 e. The SMILES string of the molecule is Cc1nc(N2CCC(C(=O)Nc3ccccc3Cl)CC2)c2c(C)c(C)oc2n1. The summed E-state index contributed by atoms with van der Waals surface area (Å²) >= 11 is 6.15. The van der Waals surface area contributed by atoms with Crippen molar-refractivity contribution in [3.63, 3.8) is 0 Å². The molecule has 0 radical (unpaired) electrons. The van der Waals surface area contributed by atoms with Crippen LogP contribution in [-0.4, -0.2) is 29.0 Å². The molecule has 146 valence electrons. The Kier molecular flexibility index (Phi) is 4.98. The Hall–Kier alpha value is -2.60. The van der Waals surface area contributed by atoms with E-state index in [-0.39, 0.29) is 11.8 Å². The molecule has 0 aliphatic carbocycles. The summed E-state index contributed by atoms with van der Waals surface area (Å²) in [7, 11) is 0. The lowest BCUT2D eigenvalue weighted by Gasteiger charge is -2.32. The molecule has 1 aromatic carbocycles. The zero-order valence-electron chi connectivity index (χ0n) is 16.3. The summed E-state index contributed by atoms with van der Waals surface area (Å²) in [4.78, 5) is 24.0.